The van der Waals surface area contributed by atoms with Crippen LogP contribution in [0.15, 0.2) is 12.1 Å². The van der Waals surface area contributed by atoms with Crippen LogP contribution in [0.5, 0.6) is 0 Å². The second kappa shape index (κ2) is 14.6. The molecule has 1 rings (SSSR count). The first-order valence-electron chi connectivity index (χ1n) is 10.3. The van der Waals surface area contributed by atoms with E-state index in [0.29, 0.717) is 0 Å². The Labute approximate surface area is 177 Å². The van der Waals surface area contributed by atoms with Crippen LogP contribution >= 0.6 is 23.2 Å². The first kappa shape index (κ1) is 24.7. The molecule has 0 spiro atoms. The van der Waals surface area contributed by atoms with Gasteiger partial charge in [0.2, 0.25) is 0 Å². The molecule has 0 unspecified atom stereocenters. The SMILES string of the molecule is CCCCCCCCCCCCCCOC(=O)c1cc([N+](=O)[O-])c(Cl)cc1Cl. The fraction of sp³-hybridized carbons (Fsp3) is 0.667. The fourth-order valence-corrected chi connectivity index (χ4v) is 3.55. The van der Waals surface area contributed by atoms with E-state index in [1.54, 1.807) is 0 Å². The normalized spacial score (nSPS) is 10.8. The number of nitro benzene ring substituents is 1. The largest absolute Gasteiger partial charge is 0.462 e. The summed E-state index contributed by atoms with van der Waals surface area (Å²) < 4.78 is 5.19. The van der Waals surface area contributed by atoms with E-state index in [-0.39, 0.29) is 27.9 Å². The number of nitrogens with zero attached hydrogens (tertiary/aromatic N) is 1. The minimum absolute atomic E-state index is 0.0308. The predicted octanol–water partition coefficient (Wildman–Crippen LogP) is 7.76. The molecular formula is C21H31Cl2NO4. The Morgan fingerprint density at radius 3 is 1.89 bits per heavy atom. The molecule has 0 bridgehead atoms. The molecular weight excluding hydrogens is 401 g/mol. The Balaban J connectivity index is 2.13. The minimum atomic E-state index is -0.659. The molecule has 1 aromatic carbocycles. The molecule has 7 heteroatoms. The van der Waals surface area contributed by atoms with E-state index in [4.69, 9.17) is 27.9 Å². The van der Waals surface area contributed by atoms with E-state index < -0.39 is 10.9 Å². The van der Waals surface area contributed by atoms with E-state index in [9.17, 15) is 14.9 Å². The fourth-order valence-electron chi connectivity index (χ4n) is 3.02. The molecule has 0 atom stereocenters. The van der Waals surface area contributed by atoms with Crippen molar-refractivity contribution in [1.29, 1.82) is 0 Å². The number of unbranched alkanes of at least 4 members (excludes halogenated alkanes) is 11. The van der Waals surface area contributed by atoms with Gasteiger partial charge in [0.1, 0.15) is 5.02 Å². The second-order valence-electron chi connectivity index (χ2n) is 7.07. The molecule has 0 N–H and O–H groups in total. The lowest BCUT2D eigenvalue weighted by molar-refractivity contribution is -0.384. The van der Waals surface area contributed by atoms with Crippen molar-refractivity contribution in [2.45, 2.75) is 84.0 Å². The monoisotopic (exact) mass is 431 g/mol. The van der Waals surface area contributed by atoms with E-state index in [0.717, 1.165) is 25.3 Å². The highest BCUT2D eigenvalue weighted by Crippen LogP contribution is 2.31. The molecule has 0 radical (unpaired) electrons. The first-order chi connectivity index (χ1) is 13.5. The number of ether oxygens (including phenoxy) is 1. The topological polar surface area (TPSA) is 69.4 Å². The highest BCUT2D eigenvalue weighted by molar-refractivity contribution is 6.37. The smallest absolute Gasteiger partial charge is 0.339 e. The summed E-state index contributed by atoms with van der Waals surface area (Å²) in [4.78, 5) is 22.3. The van der Waals surface area contributed by atoms with Gasteiger partial charge in [0.05, 0.1) is 22.1 Å². The lowest BCUT2D eigenvalue weighted by Gasteiger charge is -2.07. The Bertz CT molecular complexity index is 623. The minimum Gasteiger partial charge on any atom is -0.462 e. The Morgan fingerprint density at radius 1 is 0.893 bits per heavy atom. The Morgan fingerprint density at radius 2 is 1.39 bits per heavy atom. The van der Waals surface area contributed by atoms with Gasteiger partial charge in [-0.15, -0.1) is 0 Å². The first-order valence-corrected chi connectivity index (χ1v) is 11.0. The number of hydrogen-bond donors (Lipinski definition) is 0. The van der Waals surface area contributed by atoms with Crippen LogP contribution < -0.4 is 0 Å². The maximum atomic E-state index is 12.1. The van der Waals surface area contributed by atoms with E-state index in [1.165, 1.54) is 63.9 Å². The zero-order valence-electron chi connectivity index (χ0n) is 16.7. The molecule has 158 valence electrons. The zero-order chi connectivity index (χ0) is 20.8. The number of rotatable bonds is 15. The molecule has 28 heavy (non-hydrogen) atoms. The van der Waals surface area contributed by atoms with Crippen molar-refractivity contribution in [2.75, 3.05) is 6.61 Å². The molecule has 0 saturated heterocycles. The van der Waals surface area contributed by atoms with E-state index in [2.05, 4.69) is 6.92 Å². The van der Waals surface area contributed by atoms with Gasteiger partial charge in [-0.05, 0) is 12.5 Å². The Hall–Kier alpha value is -1.33. The maximum Gasteiger partial charge on any atom is 0.339 e. The molecule has 0 aromatic heterocycles. The summed E-state index contributed by atoms with van der Waals surface area (Å²) in [5.74, 6) is -0.659. The summed E-state index contributed by atoms with van der Waals surface area (Å²) in [7, 11) is 0. The number of halogens is 2. The predicted molar refractivity (Wildman–Crippen MR) is 114 cm³/mol. The average Bonchev–Trinajstić information content (AvgIpc) is 2.65. The molecule has 5 nitrogen and oxygen atoms in total. The number of hydrogen-bond acceptors (Lipinski definition) is 4. The van der Waals surface area contributed by atoms with Crippen LogP contribution in [-0.2, 0) is 4.74 Å². The van der Waals surface area contributed by atoms with Gasteiger partial charge in [0.25, 0.3) is 5.69 Å². The van der Waals surface area contributed by atoms with Crippen LogP contribution in [0.25, 0.3) is 0 Å². The number of carbonyl (C=O) groups excluding carboxylic acids is 1. The molecule has 0 aliphatic heterocycles. The highest BCUT2D eigenvalue weighted by atomic mass is 35.5. The van der Waals surface area contributed by atoms with Gasteiger partial charge in [-0.1, -0.05) is 101 Å². The second-order valence-corrected chi connectivity index (χ2v) is 7.88. The molecule has 0 amide bonds. The third kappa shape index (κ3) is 9.74. The quantitative estimate of drug-likeness (QED) is 0.123. The lowest BCUT2D eigenvalue weighted by atomic mass is 10.1. The van der Waals surface area contributed by atoms with E-state index in [1.807, 2.05) is 0 Å². The third-order valence-electron chi connectivity index (χ3n) is 4.68. The molecule has 0 saturated carbocycles. The van der Waals surface area contributed by atoms with Crippen molar-refractivity contribution < 1.29 is 14.5 Å². The number of esters is 1. The van der Waals surface area contributed by atoms with Gasteiger partial charge in [-0.25, -0.2) is 4.79 Å². The van der Waals surface area contributed by atoms with Crippen LogP contribution in [0.1, 0.15) is 94.3 Å². The summed E-state index contributed by atoms with van der Waals surface area (Å²) >= 11 is 11.7. The van der Waals surface area contributed by atoms with Crippen molar-refractivity contribution in [3.63, 3.8) is 0 Å². The van der Waals surface area contributed by atoms with E-state index >= 15 is 0 Å². The van der Waals surface area contributed by atoms with Crippen LogP contribution in [0.2, 0.25) is 10.0 Å². The summed E-state index contributed by atoms with van der Waals surface area (Å²) in [6.45, 7) is 2.52. The van der Waals surface area contributed by atoms with Crippen molar-refractivity contribution in [3.8, 4) is 0 Å². The molecule has 0 heterocycles. The highest BCUT2D eigenvalue weighted by Gasteiger charge is 2.21. The summed E-state index contributed by atoms with van der Waals surface area (Å²) in [6, 6.07) is 2.26. The average molecular weight is 432 g/mol. The standard InChI is InChI=1S/C21H31Cl2NO4/c1-2-3-4-5-6-7-8-9-10-11-12-13-14-28-21(25)17-15-20(24(26)27)19(23)16-18(17)22/h15-16H,2-14H2,1H3. The van der Waals surface area contributed by atoms with Gasteiger partial charge in [0.15, 0.2) is 0 Å². The molecule has 0 fully saturated rings. The van der Waals surface area contributed by atoms with Crippen molar-refractivity contribution in [2.24, 2.45) is 0 Å². The van der Waals surface area contributed by atoms with Gasteiger partial charge in [-0.3, -0.25) is 10.1 Å². The van der Waals surface area contributed by atoms with Crippen molar-refractivity contribution in [1.82, 2.24) is 0 Å². The number of carbonyl (C=O) groups is 1. The van der Waals surface area contributed by atoms with Crippen molar-refractivity contribution in [3.05, 3.63) is 37.9 Å². The molecule has 0 aliphatic carbocycles. The van der Waals surface area contributed by atoms with Crippen LogP contribution in [-0.4, -0.2) is 17.5 Å². The molecule has 1 aromatic rings. The zero-order valence-corrected chi connectivity index (χ0v) is 18.2. The Kier molecular flexibility index (Phi) is 12.9. The van der Waals surface area contributed by atoms with Crippen LogP contribution in [0.4, 0.5) is 5.69 Å². The summed E-state index contributed by atoms with van der Waals surface area (Å²) in [5.41, 5.74) is -0.389. The summed E-state index contributed by atoms with van der Waals surface area (Å²) in [5, 5.41) is 10.9. The van der Waals surface area contributed by atoms with Gasteiger partial charge < -0.3 is 4.74 Å². The maximum absolute atomic E-state index is 12.1. The molecule has 0 aliphatic rings. The van der Waals surface area contributed by atoms with Crippen LogP contribution in [0.3, 0.4) is 0 Å². The number of benzene rings is 1. The van der Waals surface area contributed by atoms with Crippen molar-refractivity contribution >= 4 is 34.9 Å². The summed E-state index contributed by atoms with van der Waals surface area (Å²) in [6.07, 6.45) is 14.7. The number of nitro groups is 1. The van der Waals surface area contributed by atoms with Gasteiger partial charge in [0, 0.05) is 6.07 Å². The van der Waals surface area contributed by atoms with Gasteiger partial charge >= 0.3 is 5.97 Å². The lowest BCUT2D eigenvalue weighted by Crippen LogP contribution is -2.08. The third-order valence-corrected chi connectivity index (χ3v) is 5.30. The van der Waals surface area contributed by atoms with Crippen LogP contribution in [0, 0.1) is 10.1 Å². The van der Waals surface area contributed by atoms with Gasteiger partial charge in [-0.2, -0.15) is 0 Å².